The van der Waals surface area contributed by atoms with Crippen LogP contribution in [0.4, 0.5) is 11.4 Å². The highest BCUT2D eigenvalue weighted by Gasteiger charge is 2.23. The van der Waals surface area contributed by atoms with Crippen molar-refractivity contribution < 1.29 is 14.0 Å². The SMILES string of the molecule is CC(=O)Nc1ccc(NC(=O)C(C)Sc2nnc(-c3ccoc3C)n2-c2ccccc2)cc1. The first kappa shape index (κ1) is 22.3. The molecule has 1 unspecified atom stereocenters. The smallest absolute Gasteiger partial charge is 0.237 e. The monoisotopic (exact) mass is 461 g/mol. The number of anilines is 2. The predicted octanol–water partition coefficient (Wildman–Crippen LogP) is 4.91. The summed E-state index contributed by atoms with van der Waals surface area (Å²) in [6.45, 7) is 5.14. The largest absolute Gasteiger partial charge is 0.469 e. The Kier molecular flexibility index (Phi) is 6.60. The summed E-state index contributed by atoms with van der Waals surface area (Å²) < 4.78 is 7.38. The predicted molar refractivity (Wildman–Crippen MR) is 128 cm³/mol. The summed E-state index contributed by atoms with van der Waals surface area (Å²) >= 11 is 1.32. The zero-order chi connectivity index (χ0) is 23.4. The average molecular weight is 462 g/mol. The van der Waals surface area contributed by atoms with Gasteiger partial charge in [0.1, 0.15) is 5.76 Å². The van der Waals surface area contributed by atoms with Gasteiger partial charge in [0.15, 0.2) is 11.0 Å². The maximum absolute atomic E-state index is 12.8. The van der Waals surface area contributed by atoms with Gasteiger partial charge in [0.25, 0.3) is 0 Å². The van der Waals surface area contributed by atoms with Gasteiger partial charge in [-0.25, -0.2) is 0 Å². The van der Waals surface area contributed by atoms with Gasteiger partial charge in [0, 0.05) is 24.0 Å². The van der Waals surface area contributed by atoms with Crippen molar-refractivity contribution in [2.24, 2.45) is 0 Å². The second kappa shape index (κ2) is 9.74. The number of thioether (sulfide) groups is 1. The number of hydrogen-bond acceptors (Lipinski definition) is 6. The highest BCUT2D eigenvalue weighted by Crippen LogP contribution is 2.32. The van der Waals surface area contributed by atoms with Crippen LogP contribution in [0.15, 0.2) is 76.5 Å². The van der Waals surface area contributed by atoms with Crippen LogP contribution in [0.25, 0.3) is 17.1 Å². The van der Waals surface area contributed by atoms with Crippen molar-refractivity contribution in [2.45, 2.75) is 31.2 Å². The molecule has 168 valence electrons. The van der Waals surface area contributed by atoms with Crippen molar-refractivity contribution in [3.63, 3.8) is 0 Å². The maximum atomic E-state index is 12.8. The van der Waals surface area contributed by atoms with Gasteiger partial charge in [-0.2, -0.15) is 0 Å². The van der Waals surface area contributed by atoms with Gasteiger partial charge in [-0.15, -0.1) is 10.2 Å². The molecule has 0 aliphatic rings. The molecule has 4 rings (SSSR count). The van der Waals surface area contributed by atoms with E-state index in [0.717, 1.165) is 17.0 Å². The van der Waals surface area contributed by atoms with E-state index in [1.165, 1.54) is 18.7 Å². The fourth-order valence-electron chi connectivity index (χ4n) is 3.24. The molecule has 0 spiro atoms. The Balaban J connectivity index is 1.55. The number of benzene rings is 2. The van der Waals surface area contributed by atoms with Crippen LogP contribution in [0.1, 0.15) is 19.6 Å². The fourth-order valence-corrected chi connectivity index (χ4v) is 4.11. The lowest BCUT2D eigenvalue weighted by Gasteiger charge is -2.14. The lowest BCUT2D eigenvalue weighted by Crippen LogP contribution is -2.23. The number of carbonyl (C=O) groups is 2. The first-order valence-corrected chi connectivity index (χ1v) is 11.2. The van der Waals surface area contributed by atoms with E-state index in [2.05, 4.69) is 20.8 Å². The third-order valence-electron chi connectivity index (χ3n) is 4.87. The number of nitrogens with one attached hydrogen (secondary N) is 2. The number of hydrogen-bond donors (Lipinski definition) is 2. The summed E-state index contributed by atoms with van der Waals surface area (Å²) in [6, 6.07) is 18.6. The van der Waals surface area contributed by atoms with Crippen molar-refractivity contribution in [3.05, 3.63) is 72.7 Å². The van der Waals surface area contributed by atoms with Crippen molar-refractivity contribution in [1.29, 1.82) is 0 Å². The Morgan fingerprint density at radius 2 is 1.64 bits per heavy atom. The van der Waals surface area contributed by atoms with E-state index < -0.39 is 5.25 Å². The standard InChI is InChI=1S/C24H23N5O3S/c1-15-21(13-14-32-15)22-27-28-24(29(22)20-7-5-4-6-8-20)33-16(2)23(31)26-19-11-9-18(10-12-19)25-17(3)30/h4-14,16H,1-3H3,(H,25,30)(H,26,31). The Morgan fingerprint density at radius 1 is 0.970 bits per heavy atom. The molecule has 2 N–H and O–H groups in total. The van der Waals surface area contributed by atoms with Crippen molar-refractivity contribution >= 4 is 35.0 Å². The van der Waals surface area contributed by atoms with Crippen LogP contribution in [0.3, 0.4) is 0 Å². The number of carbonyl (C=O) groups excluding carboxylic acids is 2. The summed E-state index contributed by atoms with van der Waals surface area (Å²) in [6.07, 6.45) is 1.62. The van der Waals surface area contributed by atoms with E-state index >= 15 is 0 Å². The van der Waals surface area contributed by atoms with Crippen LogP contribution < -0.4 is 10.6 Å². The second-order valence-corrected chi connectivity index (χ2v) is 8.68. The van der Waals surface area contributed by atoms with Gasteiger partial charge in [-0.3, -0.25) is 14.2 Å². The minimum absolute atomic E-state index is 0.149. The number of nitrogens with zero attached hydrogens (tertiary/aromatic N) is 3. The number of furan rings is 1. The molecule has 0 bridgehead atoms. The summed E-state index contributed by atoms with van der Waals surface area (Å²) in [5, 5.41) is 14.5. The number of aromatic nitrogens is 3. The van der Waals surface area contributed by atoms with Crippen molar-refractivity contribution in [1.82, 2.24) is 14.8 Å². The summed E-state index contributed by atoms with van der Waals surface area (Å²) in [5.41, 5.74) is 3.04. The molecule has 2 amide bonds. The molecule has 4 aromatic rings. The van der Waals surface area contributed by atoms with Crippen molar-refractivity contribution in [2.75, 3.05) is 10.6 Å². The van der Waals surface area contributed by atoms with Gasteiger partial charge in [0.2, 0.25) is 11.8 Å². The molecule has 0 saturated carbocycles. The second-order valence-electron chi connectivity index (χ2n) is 7.38. The number of aryl methyl sites for hydroxylation is 1. The third-order valence-corrected chi connectivity index (χ3v) is 5.91. The van der Waals surface area contributed by atoms with Crippen LogP contribution in [-0.2, 0) is 9.59 Å². The van der Waals surface area contributed by atoms with Gasteiger partial charge < -0.3 is 15.1 Å². The molecule has 2 heterocycles. The molecular formula is C24H23N5O3S. The van der Waals surface area contributed by atoms with E-state index in [-0.39, 0.29) is 11.8 Å². The molecule has 0 aliphatic heterocycles. The number of rotatable bonds is 7. The molecule has 8 nitrogen and oxygen atoms in total. The molecule has 33 heavy (non-hydrogen) atoms. The van der Waals surface area contributed by atoms with Gasteiger partial charge in [-0.05, 0) is 56.3 Å². The first-order chi connectivity index (χ1) is 15.9. The Bertz CT molecular complexity index is 1270. The van der Waals surface area contributed by atoms with Crippen LogP contribution >= 0.6 is 11.8 Å². The van der Waals surface area contributed by atoms with Crippen LogP contribution in [-0.4, -0.2) is 31.8 Å². The van der Waals surface area contributed by atoms with Crippen LogP contribution in [0.2, 0.25) is 0 Å². The number of para-hydroxylation sites is 1. The minimum Gasteiger partial charge on any atom is -0.469 e. The molecule has 1 atom stereocenters. The van der Waals surface area contributed by atoms with Crippen molar-refractivity contribution in [3.8, 4) is 17.1 Å². The molecule has 2 aromatic carbocycles. The molecule has 0 radical (unpaired) electrons. The number of amides is 2. The minimum atomic E-state index is -0.440. The highest BCUT2D eigenvalue weighted by atomic mass is 32.2. The van der Waals surface area contributed by atoms with E-state index in [1.807, 2.05) is 54.8 Å². The Labute approximate surface area is 195 Å². The zero-order valence-electron chi connectivity index (χ0n) is 18.4. The van der Waals surface area contributed by atoms with Gasteiger partial charge in [0.05, 0.1) is 17.1 Å². The normalized spacial score (nSPS) is 11.7. The van der Waals surface area contributed by atoms with Gasteiger partial charge >= 0.3 is 0 Å². The Morgan fingerprint density at radius 3 is 2.24 bits per heavy atom. The topological polar surface area (TPSA) is 102 Å². The first-order valence-electron chi connectivity index (χ1n) is 10.3. The molecule has 2 aromatic heterocycles. The van der Waals surface area contributed by atoms with E-state index in [9.17, 15) is 9.59 Å². The fraction of sp³-hybridized carbons (Fsp3) is 0.167. The van der Waals surface area contributed by atoms with E-state index in [4.69, 9.17) is 4.42 Å². The average Bonchev–Trinajstić information content (AvgIpc) is 3.41. The van der Waals surface area contributed by atoms with Gasteiger partial charge in [-0.1, -0.05) is 30.0 Å². The molecular weight excluding hydrogens is 438 g/mol. The molecule has 0 fully saturated rings. The highest BCUT2D eigenvalue weighted by molar-refractivity contribution is 8.00. The molecule has 9 heteroatoms. The summed E-state index contributed by atoms with van der Waals surface area (Å²) in [5.74, 6) is 1.07. The maximum Gasteiger partial charge on any atom is 0.237 e. The van der Waals surface area contributed by atoms with Crippen LogP contribution in [0, 0.1) is 6.92 Å². The Hall–Kier alpha value is -3.85. The van der Waals surface area contributed by atoms with E-state index in [1.54, 1.807) is 30.5 Å². The molecule has 0 aliphatic carbocycles. The van der Waals surface area contributed by atoms with E-state index in [0.29, 0.717) is 22.4 Å². The summed E-state index contributed by atoms with van der Waals surface area (Å²) in [4.78, 5) is 24.0. The summed E-state index contributed by atoms with van der Waals surface area (Å²) in [7, 11) is 0. The quantitative estimate of drug-likeness (QED) is 0.379. The zero-order valence-corrected chi connectivity index (χ0v) is 19.2. The molecule has 0 saturated heterocycles. The van der Waals surface area contributed by atoms with Crippen LogP contribution in [0.5, 0.6) is 0 Å². The lowest BCUT2D eigenvalue weighted by atomic mass is 10.2. The lowest BCUT2D eigenvalue weighted by molar-refractivity contribution is -0.115. The third kappa shape index (κ3) is 5.15.